The maximum absolute atomic E-state index is 12.5. The molecule has 0 saturated heterocycles. The first-order chi connectivity index (χ1) is 14.5. The Hall–Kier alpha value is -4.40. The van der Waals surface area contributed by atoms with E-state index < -0.39 is 4.92 Å². The zero-order valence-electron chi connectivity index (χ0n) is 15.8. The number of rotatable bonds is 5. The highest BCUT2D eigenvalue weighted by Crippen LogP contribution is 2.27. The van der Waals surface area contributed by atoms with Crippen LogP contribution in [0.2, 0.25) is 0 Å². The van der Waals surface area contributed by atoms with Gasteiger partial charge in [0.1, 0.15) is 11.3 Å². The molecule has 0 saturated carbocycles. The SMILES string of the molecule is COc1ccccc1C(=O)Nc1ccc(-c2nc3ccc([N+](=O)[O-])cc3n2O)cc1. The van der Waals surface area contributed by atoms with Gasteiger partial charge in [-0.05, 0) is 42.5 Å². The summed E-state index contributed by atoms with van der Waals surface area (Å²) in [6, 6.07) is 17.7. The van der Waals surface area contributed by atoms with Crippen molar-refractivity contribution in [1.29, 1.82) is 0 Å². The Kier molecular flexibility index (Phi) is 4.77. The molecule has 0 radical (unpaired) electrons. The number of methoxy groups -OCH3 is 1. The Labute approximate surface area is 170 Å². The summed E-state index contributed by atoms with van der Waals surface area (Å²) < 4.78 is 6.01. The minimum atomic E-state index is -0.536. The molecule has 0 aliphatic heterocycles. The Morgan fingerprint density at radius 3 is 2.57 bits per heavy atom. The lowest BCUT2D eigenvalue weighted by molar-refractivity contribution is -0.384. The van der Waals surface area contributed by atoms with E-state index in [0.29, 0.717) is 28.1 Å². The highest BCUT2D eigenvalue weighted by atomic mass is 16.6. The zero-order valence-corrected chi connectivity index (χ0v) is 15.8. The standard InChI is InChI=1S/C21H16N4O5/c1-30-19-5-3-2-4-16(19)21(26)22-14-8-6-13(7-9-14)20-23-17-11-10-15(25(28)29)12-18(17)24(20)27/h2-12,27H,1H3,(H,22,26). The van der Waals surface area contributed by atoms with E-state index >= 15 is 0 Å². The number of amides is 1. The van der Waals surface area contributed by atoms with Crippen LogP contribution < -0.4 is 10.1 Å². The number of anilines is 1. The average molecular weight is 404 g/mol. The maximum Gasteiger partial charge on any atom is 0.271 e. The fraction of sp³-hybridized carbons (Fsp3) is 0.0476. The highest BCUT2D eigenvalue weighted by molar-refractivity contribution is 6.06. The van der Waals surface area contributed by atoms with Gasteiger partial charge in [-0.3, -0.25) is 14.9 Å². The summed E-state index contributed by atoms with van der Waals surface area (Å²) in [6.07, 6.45) is 0. The van der Waals surface area contributed by atoms with E-state index in [9.17, 15) is 20.1 Å². The van der Waals surface area contributed by atoms with Crippen LogP contribution in [0.3, 0.4) is 0 Å². The summed E-state index contributed by atoms with van der Waals surface area (Å²) in [5.74, 6) is 0.379. The fourth-order valence-corrected chi connectivity index (χ4v) is 3.09. The summed E-state index contributed by atoms with van der Waals surface area (Å²) in [5.41, 5.74) is 2.04. The second-order valence-corrected chi connectivity index (χ2v) is 6.41. The van der Waals surface area contributed by atoms with Crippen molar-refractivity contribution in [1.82, 2.24) is 9.71 Å². The normalized spacial score (nSPS) is 10.7. The molecular weight excluding hydrogens is 388 g/mol. The Morgan fingerprint density at radius 1 is 1.13 bits per heavy atom. The van der Waals surface area contributed by atoms with Crippen LogP contribution in [0.1, 0.15) is 10.4 Å². The van der Waals surface area contributed by atoms with Crippen LogP contribution in [-0.2, 0) is 0 Å². The van der Waals surface area contributed by atoms with Gasteiger partial charge in [0.05, 0.1) is 23.1 Å². The molecule has 3 aromatic carbocycles. The van der Waals surface area contributed by atoms with Crippen molar-refractivity contribution < 1.29 is 19.7 Å². The lowest BCUT2D eigenvalue weighted by Crippen LogP contribution is -2.13. The number of hydrogen-bond donors (Lipinski definition) is 2. The summed E-state index contributed by atoms with van der Waals surface area (Å²) in [7, 11) is 1.50. The van der Waals surface area contributed by atoms with Gasteiger partial charge in [-0.25, -0.2) is 4.98 Å². The van der Waals surface area contributed by atoms with Gasteiger partial charge in [0.25, 0.3) is 11.6 Å². The number of fused-ring (bicyclic) bond motifs is 1. The Balaban J connectivity index is 1.60. The molecule has 150 valence electrons. The monoisotopic (exact) mass is 404 g/mol. The Bertz CT molecular complexity index is 1260. The first kappa shape index (κ1) is 18.9. The number of carbonyl (C=O) groups excluding carboxylic acids is 1. The molecule has 4 aromatic rings. The van der Waals surface area contributed by atoms with Crippen LogP contribution in [0.4, 0.5) is 11.4 Å². The summed E-state index contributed by atoms with van der Waals surface area (Å²) in [6.45, 7) is 0. The first-order valence-corrected chi connectivity index (χ1v) is 8.89. The van der Waals surface area contributed by atoms with E-state index in [0.717, 1.165) is 4.73 Å². The molecule has 9 heteroatoms. The number of hydrogen-bond acceptors (Lipinski definition) is 6. The lowest BCUT2D eigenvalue weighted by atomic mass is 10.1. The molecule has 0 aliphatic carbocycles. The average Bonchev–Trinajstić information content (AvgIpc) is 3.10. The topological polar surface area (TPSA) is 120 Å². The molecule has 0 atom stereocenters. The number of nitro groups is 1. The van der Waals surface area contributed by atoms with Crippen molar-refractivity contribution in [3.8, 4) is 17.1 Å². The third-order valence-electron chi connectivity index (χ3n) is 4.58. The molecule has 2 N–H and O–H groups in total. The van der Waals surface area contributed by atoms with E-state index in [1.54, 1.807) is 48.5 Å². The quantitative estimate of drug-likeness (QED) is 0.293. The van der Waals surface area contributed by atoms with Crippen LogP contribution in [0.5, 0.6) is 5.75 Å². The van der Waals surface area contributed by atoms with E-state index in [-0.39, 0.29) is 22.9 Å². The summed E-state index contributed by atoms with van der Waals surface area (Å²) in [5, 5.41) is 24.2. The number of para-hydroxylation sites is 1. The number of nitrogens with one attached hydrogen (secondary N) is 1. The van der Waals surface area contributed by atoms with E-state index in [1.807, 2.05) is 0 Å². The molecule has 4 rings (SSSR count). The van der Waals surface area contributed by atoms with Gasteiger partial charge in [0, 0.05) is 23.4 Å². The first-order valence-electron chi connectivity index (χ1n) is 8.89. The predicted octanol–water partition coefficient (Wildman–Crippen LogP) is 4.11. The van der Waals surface area contributed by atoms with Gasteiger partial charge in [-0.15, -0.1) is 0 Å². The molecule has 1 amide bonds. The van der Waals surface area contributed by atoms with Crippen molar-refractivity contribution in [2.75, 3.05) is 12.4 Å². The third kappa shape index (κ3) is 3.39. The van der Waals surface area contributed by atoms with Gasteiger partial charge in [0.15, 0.2) is 5.82 Å². The zero-order chi connectivity index (χ0) is 21.3. The minimum Gasteiger partial charge on any atom is -0.496 e. The van der Waals surface area contributed by atoms with E-state index in [4.69, 9.17) is 4.74 Å². The second kappa shape index (κ2) is 7.55. The van der Waals surface area contributed by atoms with Crippen molar-refractivity contribution in [2.24, 2.45) is 0 Å². The van der Waals surface area contributed by atoms with Crippen molar-refractivity contribution in [3.05, 3.63) is 82.4 Å². The predicted molar refractivity (Wildman–Crippen MR) is 110 cm³/mol. The van der Waals surface area contributed by atoms with Crippen LogP contribution in [0.15, 0.2) is 66.7 Å². The number of carbonyl (C=O) groups is 1. The molecule has 0 spiro atoms. The van der Waals surface area contributed by atoms with Gasteiger partial charge < -0.3 is 15.3 Å². The molecule has 30 heavy (non-hydrogen) atoms. The van der Waals surface area contributed by atoms with Gasteiger partial charge >= 0.3 is 0 Å². The molecule has 0 unspecified atom stereocenters. The minimum absolute atomic E-state index is 0.140. The van der Waals surface area contributed by atoms with E-state index in [2.05, 4.69) is 10.3 Å². The third-order valence-corrected chi connectivity index (χ3v) is 4.58. The molecule has 0 aliphatic rings. The van der Waals surface area contributed by atoms with Gasteiger partial charge in [0.2, 0.25) is 0 Å². The maximum atomic E-state index is 12.5. The lowest BCUT2D eigenvalue weighted by Gasteiger charge is -2.09. The van der Waals surface area contributed by atoms with Crippen molar-refractivity contribution in [2.45, 2.75) is 0 Å². The number of nitrogens with zero attached hydrogens (tertiary/aromatic N) is 3. The largest absolute Gasteiger partial charge is 0.496 e. The van der Waals surface area contributed by atoms with Crippen LogP contribution in [0.25, 0.3) is 22.4 Å². The number of aromatic nitrogens is 2. The van der Waals surface area contributed by atoms with Crippen molar-refractivity contribution >= 4 is 28.3 Å². The van der Waals surface area contributed by atoms with Gasteiger partial charge in [-0.2, -0.15) is 4.73 Å². The summed E-state index contributed by atoms with van der Waals surface area (Å²) >= 11 is 0. The second-order valence-electron chi connectivity index (χ2n) is 6.41. The number of non-ortho nitro benzene ring substituents is 1. The van der Waals surface area contributed by atoms with Crippen LogP contribution >= 0.6 is 0 Å². The van der Waals surface area contributed by atoms with Crippen LogP contribution in [-0.4, -0.2) is 32.9 Å². The number of nitro benzene ring substituents is 1. The molecule has 0 bridgehead atoms. The van der Waals surface area contributed by atoms with Gasteiger partial charge in [-0.1, -0.05) is 12.1 Å². The molecule has 0 fully saturated rings. The fourth-order valence-electron chi connectivity index (χ4n) is 3.09. The molecule has 1 aromatic heterocycles. The molecule has 1 heterocycles. The Morgan fingerprint density at radius 2 is 1.87 bits per heavy atom. The van der Waals surface area contributed by atoms with E-state index in [1.165, 1.54) is 25.3 Å². The summed E-state index contributed by atoms with van der Waals surface area (Å²) in [4.78, 5) is 27.3. The smallest absolute Gasteiger partial charge is 0.271 e. The van der Waals surface area contributed by atoms with Crippen LogP contribution in [0, 0.1) is 10.1 Å². The number of benzene rings is 3. The van der Waals surface area contributed by atoms with Crippen molar-refractivity contribution in [3.63, 3.8) is 0 Å². The molecule has 9 nitrogen and oxygen atoms in total. The number of imidazole rings is 1. The number of ether oxygens (including phenoxy) is 1. The highest BCUT2D eigenvalue weighted by Gasteiger charge is 2.16. The molecular formula is C21H16N4O5.